The lowest BCUT2D eigenvalue weighted by atomic mass is 10.0. The first-order valence-electron chi connectivity index (χ1n) is 9.48. The van der Waals surface area contributed by atoms with Crippen LogP contribution in [-0.2, 0) is 33.1 Å². The monoisotopic (exact) mass is 451 g/mol. The van der Waals surface area contributed by atoms with E-state index in [0.29, 0.717) is 12.8 Å². The van der Waals surface area contributed by atoms with Crippen molar-refractivity contribution in [2.45, 2.75) is 24.9 Å². The fourth-order valence-corrected chi connectivity index (χ4v) is 4.34. The maximum absolute atomic E-state index is 12.4. The molecule has 9 heteroatoms. The van der Waals surface area contributed by atoms with Crippen LogP contribution < -0.4 is 9.44 Å². The minimum Gasteiger partial charge on any atom is -0.213 e. The van der Waals surface area contributed by atoms with E-state index in [-0.39, 0.29) is 0 Å². The molecule has 0 saturated heterocycles. The van der Waals surface area contributed by atoms with Crippen LogP contribution in [0, 0.1) is 0 Å². The van der Waals surface area contributed by atoms with Crippen molar-refractivity contribution in [3.05, 3.63) is 83.9 Å². The molecule has 2 N–H and O–H groups in total. The second-order valence-corrected chi connectivity index (χ2v) is 11.0. The van der Waals surface area contributed by atoms with E-state index < -0.39 is 32.3 Å². The molecule has 2 aromatic carbocycles. The highest BCUT2D eigenvalue weighted by atomic mass is 32.2. The Hall–Kier alpha value is -2.04. The predicted octanol–water partition coefficient (Wildman–Crippen LogP) is 1.71. The average molecular weight is 452 g/mol. The quantitative estimate of drug-likeness (QED) is 0.509. The van der Waals surface area contributed by atoms with Gasteiger partial charge in [0, 0.05) is 26.2 Å². The summed E-state index contributed by atoms with van der Waals surface area (Å²) in [6.45, 7) is 0. The van der Waals surface area contributed by atoms with E-state index in [2.05, 4.69) is 9.44 Å². The normalized spacial score (nSPS) is 14.8. The fraction of sp³-hybridized carbons (Fsp3) is 0.333. The number of benzene rings is 2. The summed E-state index contributed by atoms with van der Waals surface area (Å²) in [6.07, 6.45) is 5.40. The lowest BCUT2D eigenvalue weighted by molar-refractivity contribution is 0.496. The Kier molecular flexibility index (Phi) is 8.75. The highest BCUT2D eigenvalue weighted by Gasteiger charge is 2.19. The minimum absolute atomic E-state index is 0.432. The Labute approximate surface area is 180 Å². The molecule has 0 saturated carbocycles. The number of hydrogen-bond acceptors (Lipinski definition) is 4. The molecule has 0 aliphatic rings. The summed E-state index contributed by atoms with van der Waals surface area (Å²) in [5, 5.41) is 0. The molecular formula is C21H29N3O4S2. The van der Waals surface area contributed by atoms with Gasteiger partial charge in [-0.2, -0.15) is 17.4 Å². The van der Waals surface area contributed by atoms with E-state index in [9.17, 15) is 16.8 Å². The largest absolute Gasteiger partial charge is 0.279 e. The van der Waals surface area contributed by atoms with E-state index in [1.54, 1.807) is 12.2 Å². The maximum Gasteiger partial charge on any atom is 0.279 e. The number of sulfonamides is 1. The second-order valence-electron chi connectivity index (χ2n) is 7.27. The van der Waals surface area contributed by atoms with Gasteiger partial charge in [-0.05, 0) is 24.0 Å². The molecular weight excluding hydrogens is 422 g/mol. The van der Waals surface area contributed by atoms with Crippen molar-refractivity contribution in [2.24, 2.45) is 0 Å². The van der Waals surface area contributed by atoms with Crippen molar-refractivity contribution >= 4 is 20.2 Å². The van der Waals surface area contributed by atoms with Crippen LogP contribution in [0.4, 0.5) is 0 Å². The Balaban J connectivity index is 2.27. The Morgan fingerprint density at radius 2 is 1.17 bits per heavy atom. The smallest absolute Gasteiger partial charge is 0.213 e. The van der Waals surface area contributed by atoms with E-state index in [1.165, 1.54) is 14.1 Å². The third-order valence-corrected chi connectivity index (χ3v) is 6.61. The molecule has 0 aliphatic heterocycles. The van der Waals surface area contributed by atoms with Crippen LogP contribution >= 0.6 is 0 Å². The summed E-state index contributed by atoms with van der Waals surface area (Å²) >= 11 is 0. The third-order valence-electron chi connectivity index (χ3n) is 4.32. The fourth-order valence-electron chi connectivity index (χ4n) is 2.87. The molecule has 0 radical (unpaired) electrons. The Morgan fingerprint density at radius 3 is 1.53 bits per heavy atom. The Bertz CT molecular complexity index is 1020. The van der Waals surface area contributed by atoms with Crippen LogP contribution in [0.5, 0.6) is 0 Å². The molecule has 2 aromatic rings. The first-order chi connectivity index (χ1) is 14.0. The lowest BCUT2D eigenvalue weighted by Crippen LogP contribution is -2.42. The van der Waals surface area contributed by atoms with Crippen molar-refractivity contribution < 1.29 is 16.8 Å². The Morgan fingerprint density at radius 1 is 0.767 bits per heavy atom. The van der Waals surface area contributed by atoms with E-state index in [4.69, 9.17) is 0 Å². The number of hydrogen-bond donors (Lipinski definition) is 2. The highest BCUT2D eigenvalue weighted by Crippen LogP contribution is 2.09. The zero-order chi connectivity index (χ0) is 22.2. The number of nitrogens with one attached hydrogen (secondary N) is 2. The number of nitrogens with zero attached hydrogens (tertiary/aromatic N) is 1. The van der Waals surface area contributed by atoms with Gasteiger partial charge in [0.2, 0.25) is 10.0 Å². The average Bonchev–Trinajstić information content (AvgIpc) is 2.66. The molecule has 30 heavy (non-hydrogen) atoms. The van der Waals surface area contributed by atoms with Gasteiger partial charge in [0.1, 0.15) is 0 Å². The van der Waals surface area contributed by atoms with Gasteiger partial charge in [-0.25, -0.2) is 13.1 Å². The summed E-state index contributed by atoms with van der Waals surface area (Å²) in [5.41, 5.74) is 1.93. The number of rotatable bonds is 11. The summed E-state index contributed by atoms with van der Waals surface area (Å²) in [5.74, 6) is 0. The molecule has 0 heterocycles. The molecule has 0 aliphatic carbocycles. The molecule has 2 rings (SSSR count). The first kappa shape index (κ1) is 24.2. The van der Waals surface area contributed by atoms with Gasteiger partial charge in [-0.15, -0.1) is 0 Å². The molecule has 0 aromatic heterocycles. The zero-order valence-corrected chi connectivity index (χ0v) is 19.0. The summed E-state index contributed by atoms with van der Waals surface area (Å²) in [6, 6.07) is 18.0. The molecule has 0 bridgehead atoms. The van der Waals surface area contributed by atoms with Crippen molar-refractivity contribution in [1.82, 2.24) is 13.7 Å². The van der Waals surface area contributed by atoms with Crippen LogP contribution in [0.3, 0.4) is 0 Å². The minimum atomic E-state index is -3.67. The van der Waals surface area contributed by atoms with Gasteiger partial charge < -0.3 is 0 Å². The van der Waals surface area contributed by atoms with Crippen molar-refractivity contribution in [3.63, 3.8) is 0 Å². The summed E-state index contributed by atoms with van der Waals surface area (Å²) in [4.78, 5) is 0. The van der Waals surface area contributed by atoms with Crippen LogP contribution in [0.25, 0.3) is 0 Å². The van der Waals surface area contributed by atoms with Gasteiger partial charge >= 0.3 is 0 Å². The standard InChI is InChI=1S/C21H29N3O4S2/c1-24(2)30(27,28)23-21(17-19-12-8-5-9-13-19)15-14-20(22-29(3,25)26)16-18-10-6-4-7-11-18/h4-15,20-23H,16-17H2,1-3H3/b15-14+/t20-,21-/m1/s1. The topological polar surface area (TPSA) is 95.6 Å². The lowest BCUT2D eigenvalue weighted by Gasteiger charge is -2.20. The highest BCUT2D eigenvalue weighted by molar-refractivity contribution is 7.88. The molecule has 2 atom stereocenters. The van der Waals surface area contributed by atoms with E-state index >= 15 is 0 Å². The molecule has 0 fully saturated rings. The molecule has 164 valence electrons. The van der Waals surface area contributed by atoms with Crippen molar-refractivity contribution in [1.29, 1.82) is 0 Å². The maximum atomic E-state index is 12.4. The van der Waals surface area contributed by atoms with Gasteiger partial charge in [0.15, 0.2) is 0 Å². The van der Waals surface area contributed by atoms with Gasteiger partial charge in [0.05, 0.1) is 6.26 Å². The van der Waals surface area contributed by atoms with Crippen molar-refractivity contribution in [2.75, 3.05) is 20.4 Å². The van der Waals surface area contributed by atoms with Gasteiger partial charge in [-0.3, -0.25) is 0 Å². The van der Waals surface area contributed by atoms with Crippen LogP contribution in [-0.4, -0.2) is 53.6 Å². The van der Waals surface area contributed by atoms with Crippen LogP contribution in [0.2, 0.25) is 0 Å². The first-order valence-corrected chi connectivity index (χ1v) is 12.8. The molecule has 0 spiro atoms. The van der Waals surface area contributed by atoms with Gasteiger partial charge in [-0.1, -0.05) is 72.8 Å². The molecule has 0 amide bonds. The predicted molar refractivity (Wildman–Crippen MR) is 121 cm³/mol. The SMILES string of the molecule is CN(C)S(=O)(=O)N[C@H](/C=C/[C@H](Cc1ccccc1)NS(C)(=O)=O)Cc1ccccc1. The van der Waals surface area contributed by atoms with E-state index in [0.717, 1.165) is 21.7 Å². The van der Waals surface area contributed by atoms with Crippen molar-refractivity contribution in [3.8, 4) is 0 Å². The summed E-state index contributed by atoms with van der Waals surface area (Å²) in [7, 11) is -4.21. The third kappa shape index (κ3) is 8.76. The van der Waals surface area contributed by atoms with Gasteiger partial charge in [0.25, 0.3) is 10.2 Å². The molecule has 7 nitrogen and oxygen atoms in total. The van der Waals surface area contributed by atoms with Crippen LogP contribution in [0.15, 0.2) is 72.8 Å². The van der Waals surface area contributed by atoms with Crippen LogP contribution in [0.1, 0.15) is 11.1 Å². The zero-order valence-electron chi connectivity index (χ0n) is 17.4. The second kappa shape index (κ2) is 10.8. The molecule has 0 unspecified atom stereocenters. The summed E-state index contributed by atoms with van der Waals surface area (Å²) < 4.78 is 54.7. The van der Waals surface area contributed by atoms with E-state index in [1.807, 2.05) is 60.7 Å².